The first-order valence-corrected chi connectivity index (χ1v) is 10.5. The highest BCUT2D eigenvalue weighted by molar-refractivity contribution is 7.99. The monoisotopic (exact) mass is 396 g/mol. The van der Waals surface area contributed by atoms with E-state index in [-0.39, 0.29) is 5.91 Å². The Hall–Kier alpha value is -2.38. The number of amides is 1. The average Bonchev–Trinajstić information content (AvgIpc) is 3.14. The zero-order chi connectivity index (χ0) is 18.8. The predicted octanol–water partition coefficient (Wildman–Crippen LogP) is 5.29. The number of rotatable bonds is 5. The van der Waals surface area contributed by atoms with Crippen molar-refractivity contribution in [3.05, 3.63) is 53.5 Å². The molecule has 5 nitrogen and oxygen atoms in total. The van der Waals surface area contributed by atoms with Gasteiger partial charge in [-0.15, -0.1) is 10.2 Å². The maximum absolute atomic E-state index is 12.5. The number of hydrogen-bond donors (Lipinski definition) is 1. The lowest BCUT2D eigenvalue weighted by Gasteiger charge is -2.32. The van der Waals surface area contributed by atoms with E-state index in [1.807, 2.05) is 24.3 Å². The van der Waals surface area contributed by atoms with Crippen molar-refractivity contribution in [3.63, 3.8) is 0 Å². The molecule has 3 aromatic rings. The van der Waals surface area contributed by atoms with E-state index in [0.717, 1.165) is 16.4 Å². The standard InChI is InChI=1S/C20H20N4OS2/c1-13(2)19-22-23-20(27-19)21-18(25)11-12-24-14-7-3-5-9-16(14)26-17-10-6-4-8-15(17)24/h3-10,13H,11-12H2,1-2H3,(H,21,23,25). The summed E-state index contributed by atoms with van der Waals surface area (Å²) in [6.45, 7) is 4.74. The molecule has 1 aliphatic rings. The molecule has 2 aromatic carbocycles. The molecule has 0 aliphatic carbocycles. The van der Waals surface area contributed by atoms with Crippen LogP contribution in [0.15, 0.2) is 58.3 Å². The Labute approximate surface area is 166 Å². The summed E-state index contributed by atoms with van der Waals surface area (Å²) in [6.07, 6.45) is 0.379. The normalized spacial score (nSPS) is 12.6. The first-order valence-electron chi connectivity index (χ1n) is 8.88. The number of para-hydroxylation sites is 2. The van der Waals surface area contributed by atoms with E-state index in [1.54, 1.807) is 11.8 Å². The van der Waals surface area contributed by atoms with E-state index in [2.05, 4.69) is 58.5 Å². The van der Waals surface area contributed by atoms with Gasteiger partial charge in [-0.05, 0) is 24.3 Å². The van der Waals surface area contributed by atoms with E-state index < -0.39 is 0 Å². The maximum atomic E-state index is 12.5. The third-order valence-corrected chi connectivity index (χ3v) is 6.54. The summed E-state index contributed by atoms with van der Waals surface area (Å²) in [5.41, 5.74) is 2.29. The Morgan fingerprint density at radius 3 is 2.26 bits per heavy atom. The topological polar surface area (TPSA) is 58.1 Å². The summed E-state index contributed by atoms with van der Waals surface area (Å²) in [6, 6.07) is 16.6. The highest BCUT2D eigenvalue weighted by atomic mass is 32.2. The minimum atomic E-state index is -0.0466. The van der Waals surface area contributed by atoms with E-state index in [0.29, 0.717) is 24.0 Å². The number of carbonyl (C=O) groups excluding carboxylic acids is 1. The van der Waals surface area contributed by atoms with E-state index in [4.69, 9.17) is 0 Å². The number of fused-ring (bicyclic) bond motifs is 2. The molecule has 0 unspecified atom stereocenters. The Balaban J connectivity index is 1.48. The molecule has 1 aliphatic heterocycles. The molecule has 1 aromatic heterocycles. The fourth-order valence-electron chi connectivity index (χ4n) is 2.94. The molecule has 0 atom stereocenters. The van der Waals surface area contributed by atoms with E-state index >= 15 is 0 Å². The van der Waals surface area contributed by atoms with Crippen LogP contribution in [0.2, 0.25) is 0 Å². The van der Waals surface area contributed by atoms with Gasteiger partial charge in [-0.1, -0.05) is 61.2 Å². The predicted molar refractivity (Wildman–Crippen MR) is 111 cm³/mol. The molecule has 0 fully saturated rings. The van der Waals surface area contributed by atoms with Gasteiger partial charge in [0.25, 0.3) is 0 Å². The van der Waals surface area contributed by atoms with Crippen LogP contribution < -0.4 is 10.2 Å². The first kappa shape index (κ1) is 18.0. The second-order valence-electron chi connectivity index (χ2n) is 6.59. The summed E-state index contributed by atoms with van der Waals surface area (Å²) in [5, 5.41) is 12.6. The maximum Gasteiger partial charge on any atom is 0.227 e. The molecule has 27 heavy (non-hydrogen) atoms. The van der Waals surface area contributed by atoms with Gasteiger partial charge < -0.3 is 10.2 Å². The number of aromatic nitrogens is 2. The van der Waals surface area contributed by atoms with Crippen LogP contribution in [-0.4, -0.2) is 22.6 Å². The van der Waals surface area contributed by atoms with Crippen molar-refractivity contribution < 1.29 is 4.79 Å². The van der Waals surface area contributed by atoms with Crippen LogP contribution in [0.4, 0.5) is 16.5 Å². The summed E-state index contributed by atoms with van der Waals surface area (Å²) in [5.74, 6) is 0.265. The van der Waals surface area contributed by atoms with Crippen LogP contribution in [0, 0.1) is 0 Å². The Morgan fingerprint density at radius 2 is 1.67 bits per heavy atom. The number of nitrogens with zero attached hydrogens (tertiary/aromatic N) is 3. The molecule has 0 radical (unpaired) electrons. The summed E-state index contributed by atoms with van der Waals surface area (Å²) >= 11 is 3.21. The van der Waals surface area contributed by atoms with Crippen LogP contribution in [-0.2, 0) is 4.79 Å². The van der Waals surface area contributed by atoms with Crippen LogP contribution in [0.1, 0.15) is 31.2 Å². The lowest BCUT2D eigenvalue weighted by molar-refractivity contribution is -0.116. The minimum absolute atomic E-state index is 0.0466. The molecular weight excluding hydrogens is 376 g/mol. The molecule has 0 bridgehead atoms. The van der Waals surface area contributed by atoms with Gasteiger partial charge >= 0.3 is 0 Å². The number of benzene rings is 2. The second-order valence-corrected chi connectivity index (χ2v) is 8.68. The summed E-state index contributed by atoms with van der Waals surface area (Å²) < 4.78 is 0. The fraction of sp³-hybridized carbons (Fsp3) is 0.250. The highest BCUT2D eigenvalue weighted by Gasteiger charge is 2.23. The van der Waals surface area contributed by atoms with Crippen LogP contribution >= 0.6 is 23.1 Å². The molecule has 138 valence electrons. The number of anilines is 3. The summed E-state index contributed by atoms with van der Waals surface area (Å²) in [4.78, 5) is 17.1. The zero-order valence-corrected chi connectivity index (χ0v) is 16.8. The lowest BCUT2D eigenvalue weighted by Crippen LogP contribution is -2.25. The molecule has 0 saturated carbocycles. The highest BCUT2D eigenvalue weighted by Crippen LogP contribution is 2.47. The molecule has 4 rings (SSSR count). The van der Waals surface area contributed by atoms with Crippen molar-refractivity contribution in [2.24, 2.45) is 0 Å². The minimum Gasteiger partial charge on any atom is -0.339 e. The van der Waals surface area contributed by atoms with Gasteiger partial charge in [-0.2, -0.15) is 0 Å². The molecule has 1 amide bonds. The molecule has 0 spiro atoms. The fourth-order valence-corrected chi connectivity index (χ4v) is 4.79. The zero-order valence-electron chi connectivity index (χ0n) is 15.2. The van der Waals surface area contributed by atoms with Gasteiger partial charge in [0.2, 0.25) is 11.0 Å². The van der Waals surface area contributed by atoms with Gasteiger partial charge in [-0.25, -0.2) is 0 Å². The smallest absolute Gasteiger partial charge is 0.227 e. The van der Waals surface area contributed by atoms with Crippen molar-refractivity contribution in [2.75, 3.05) is 16.8 Å². The molecular formula is C20H20N4OS2. The van der Waals surface area contributed by atoms with E-state index in [9.17, 15) is 4.79 Å². The van der Waals surface area contributed by atoms with Crippen molar-refractivity contribution >= 4 is 45.5 Å². The third-order valence-electron chi connectivity index (χ3n) is 4.28. The summed E-state index contributed by atoms with van der Waals surface area (Å²) in [7, 11) is 0. The molecule has 0 saturated heterocycles. The van der Waals surface area contributed by atoms with Crippen molar-refractivity contribution in [2.45, 2.75) is 36.0 Å². The van der Waals surface area contributed by atoms with Gasteiger partial charge in [0.15, 0.2) is 0 Å². The SMILES string of the molecule is CC(C)c1nnc(NC(=O)CCN2c3ccccc3Sc3ccccc32)s1. The van der Waals surface area contributed by atoms with Crippen molar-refractivity contribution in [1.82, 2.24) is 10.2 Å². The lowest BCUT2D eigenvalue weighted by atomic mass is 10.2. The van der Waals surface area contributed by atoms with Crippen molar-refractivity contribution in [1.29, 1.82) is 0 Å². The Morgan fingerprint density at radius 1 is 1.04 bits per heavy atom. The Bertz CT molecular complexity index is 924. The van der Waals surface area contributed by atoms with Crippen LogP contribution in [0.5, 0.6) is 0 Å². The Kier molecular flexibility index (Phi) is 5.13. The van der Waals surface area contributed by atoms with Gasteiger partial charge in [0.1, 0.15) is 5.01 Å². The molecule has 2 heterocycles. The molecule has 1 N–H and O–H groups in total. The number of hydrogen-bond acceptors (Lipinski definition) is 6. The molecule has 7 heteroatoms. The van der Waals surface area contributed by atoms with Crippen molar-refractivity contribution in [3.8, 4) is 0 Å². The van der Waals surface area contributed by atoms with E-state index in [1.165, 1.54) is 21.1 Å². The van der Waals surface area contributed by atoms with Gasteiger partial charge in [0.05, 0.1) is 11.4 Å². The van der Waals surface area contributed by atoms with Gasteiger partial charge in [0, 0.05) is 28.7 Å². The first-order chi connectivity index (χ1) is 13.1. The third kappa shape index (κ3) is 3.84. The second kappa shape index (κ2) is 7.70. The number of carbonyl (C=O) groups is 1. The van der Waals surface area contributed by atoms with Gasteiger partial charge in [-0.3, -0.25) is 4.79 Å². The van der Waals surface area contributed by atoms with Crippen LogP contribution in [0.3, 0.4) is 0 Å². The largest absolute Gasteiger partial charge is 0.339 e. The average molecular weight is 397 g/mol. The quantitative estimate of drug-likeness (QED) is 0.635. The number of nitrogens with one attached hydrogen (secondary N) is 1. The van der Waals surface area contributed by atoms with Crippen LogP contribution in [0.25, 0.3) is 0 Å².